The van der Waals surface area contributed by atoms with E-state index in [0.29, 0.717) is 17.5 Å². The zero-order chi connectivity index (χ0) is 26.5. The van der Waals surface area contributed by atoms with Crippen LogP contribution >= 0.6 is 11.6 Å². The number of nitrogens with one attached hydrogen (secondary N) is 2. The fraction of sp³-hybridized carbons (Fsp3) is 0.360. The second kappa shape index (κ2) is 15.0. The Hall–Kier alpha value is -3.18. The highest BCUT2D eigenvalue weighted by Gasteiger charge is 2.15. The third-order valence-electron chi connectivity index (χ3n) is 5.48. The monoisotopic (exact) mass is 518 g/mol. The summed E-state index contributed by atoms with van der Waals surface area (Å²) in [7, 11) is 3.76. The molecule has 1 amide bonds. The maximum atomic E-state index is 13.0. The van der Waals surface area contributed by atoms with Crippen LogP contribution < -0.4 is 16.4 Å². The van der Waals surface area contributed by atoms with E-state index in [2.05, 4.69) is 20.6 Å². The number of benzene rings is 2. The number of hydrogen-bond acceptors (Lipinski definition) is 7. The number of carbonyl (C=O) groups excluding carboxylic acids is 3. The van der Waals surface area contributed by atoms with Gasteiger partial charge in [0.2, 0.25) is 0 Å². The summed E-state index contributed by atoms with van der Waals surface area (Å²) in [6.45, 7) is 3.49. The number of primary amides is 1. The van der Waals surface area contributed by atoms with E-state index in [1.807, 2.05) is 13.1 Å². The third kappa shape index (κ3) is 8.20. The molecule has 2 heterocycles. The number of likely N-dealkylation sites (N-methyl/N-ethyl adjacent to an activating group) is 1. The van der Waals surface area contributed by atoms with Crippen LogP contribution in [-0.2, 0) is 22.7 Å². The van der Waals surface area contributed by atoms with E-state index in [9.17, 15) is 18.8 Å². The minimum atomic E-state index is -0.587. The van der Waals surface area contributed by atoms with Crippen LogP contribution in [0, 0.1) is 5.82 Å². The Kier molecular flexibility index (Phi) is 12.1. The number of nitrogens with two attached hydrogens (primary N) is 1. The van der Waals surface area contributed by atoms with E-state index in [4.69, 9.17) is 17.3 Å². The summed E-state index contributed by atoms with van der Waals surface area (Å²) < 4.78 is 14.5. The van der Waals surface area contributed by atoms with E-state index in [-0.39, 0.29) is 29.1 Å². The average molecular weight is 519 g/mol. The van der Waals surface area contributed by atoms with Crippen molar-refractivity contribution in [2.75, 3.05) is 33.7 Å². The molecule has 0 aliphatic carbocycles. The van der Waals surface area contributed by atoms with Crippen molar-refractivity contribution in [3.05, 3.63) is 64.6 Å². The zero-order valence-corrected chi connectivity index (χ0v) is 21.2. The molecule has 11 heteroatoms. The number of halogens is 2. The maximum absolute atomic E-state index is 13.0. The lowest BCUT2D eigenvalue weighted by Gasteiger charge is -2.18. The molecule has 1 unspecified atom stereocenters. The molecule has 36 heavy (non-hydrogen) atoms. The number of aromatic nitrogens is 2. The van der Waals surface area contributed by atoms with Crippen molar-refractivity contribution in [2.45, 2.75) is 25.6 Å². The van der Waals surface area contributed by atoms with Crippen molar-refractivity contribution < 1.29 is 18.8 Å². The molecular weight excluding hydrogens is 487 g/mol. The lowest BCUT2D eigenvalue weighted by atomic mass is 10.2. The van der Waals surface area contributed by atoms with Gasteiger partial charge in [-0.05, 0) is 45.7 Å². The standard InChI is InChI=1S/C10H9N3O2.C8H9ClFN.C7H14N2O/c11-10(15)9-7-3-1-2-4-8(7)13(12-9)5-6-14;1-11-5-6-3-2-4-7(9)8(6)10;1-9-4-2-3-8-5-7(9)6-10/h1-4,6H,5H2,(H2,11,15);2-4,11H,5H2,1H3;6-8H,2-5H2,1H3. The Bertz CT molecular complexity index is 1160. The predicted molar refractivity (Wildman–Crippen MR) is 138 cm³/mol. The van der Waals surface area contributed by atoms with Crippen molar-refractivity contribution >= 4 is 41.0 Å². The number of rotatable bonds is 6. The molecule has 1 atom stereocenters. The first-order valence-electron chi connectivity index (χ1n) is 11.5. The molecule has 1 aromatic heterocycles. The van der Waals surface area contributed by atoms with Gasteiger partial charge in [0.1, 0.15) is 18.4 Å². The molecule has 4 rings (SSSR count). The van der Waals surface area contributed by atoms with Crippen molar-refractivity contribution in [3.63, 3.8) is 0 Å². The van der Waals surface area contributed by atoms with Crippen LogP contribution in [0.5, 0.6) is 0 Å². The second-order valence-electron chi connectivity index (χ2n) is 8.06. The SMILES string of the molecule is CN1CCCNCC1C=O.CNCc1cccc(Cl)c1F.NC(=O)c1nn(CC=O)c2ccccc12. The van der Waals surface area contributed by atoms with Crippen LogP contribution in [0.3, 0.4) is 0 Å². The first-order chi connectivity index (χ1) is 17.3. The summed E-state index contributed by atoms with van der Waals surface area (Å²) in [6, 6.07) is 12.2. The second-order valence-corrected chi connectivity index (χ2v) is 8.47. The van der Waals surface area contributed by atoms with E-state index >= 15 is 0 Å². The van der Waals surface area contributed by atoms with E-state index in [1.165, 1.54) is 10.7 Å². The summed E-state index contributed by atoms with van der Waals surface area (Å²) in [5.74, 6) is -0.917. The predicted octanol–water partition coefficient (Wildman–Crippen LogP) is 2.01. The lowest BCUT2D eigenvalue weighted by Crippen LogP contribution is -2.37. The van der Waals surface area contributed by atoms with Crippen molar-refractivity contribution in [2.24, 2.45) is 5.73 Å². The number of aldehydes is 2. The van der Waals surface area contributed by atoms with Crippen LogP contribution in [0.25, 0.3) is 10.9 Å². The van der Waals surface area contributed by atoms with Gasteiger partial charge in [-0.3, -0.25) is 14.4 Å². The molecule has 0 radical (unpaired) electrons. The average Bonchev–Trinajstić information content (AvgIpc) is 3.10. The highest BCUT2D eigenvalue weighted by atomic mass is 35.5. The largest absolute Gasteiger partial charge is 0.364 e. The normalized spacial score (nSPS) is 15.6. The fourth-order valence-corrected chi connectivity index (χ4v) is 3.77. The lowest BCUT2D eigenvalue weighted by molar-refractivity contribution is -0.111. The summed E-state index contributed by atoms with van der Waals surface area (Å²) in [5, 5.41) is 10.9. The Balaban J connectivity index is 0.000000196. The molecule has 2 aromatic carbocycles. The van der Waals surface area contributed by atoms with Crippen LogP contribution in [0.2, 0.25) is 5.02 Å². The molecule has 1 aliphatic heterocycles. The van der Waals surface area contributed by atoms with Gasteiger partial charge in [-0.1, -0.05) is 41.9 Å². The van der Waals surface area contributed by atoms with Crippen LogP contribution in [0.1, 0.15) is 22.5 Å². The molecule has 1 fully saturated rings. The van der Waals surface area contributed by atoms with Gasteiger partial charge >= 0.3 is 0 Å². The van der Waals surface area contributed by atoms with Crippen molar-refractivity contribution in [3.8, 4) is 0 Å². The Morgan fingerprint density at radius 3 is 2.69 bits per heavy atom. The number of nitrogens with zero attached hydrogens (tertiary/aromatic N) is 3. The summed E-state index contributed by atoms with van der Waals surface area (Å²) >= 11 is 5.55. The molecule has 0 spiro atoms. The Morgan fingerprint density at radius 1 is 1.28 bits per heavy atom. The number of para-hydroxylation sites is 1. The van der Waals surface area contributed by atoms with Crippen molar-refractivity contribution in [1.82, 2.24) is 25.3 Å². The van der Waals surface area contributed by atoms with Crippen LogP contribution in [-0.4, -0.2) is 72.9 Å². The van der Waals surface area contributed by atoms with E-state index in [0.717, 1.165) is 44.1 Å². The molecular formula is C25H32ClFN6O3. The van der Waals surface area contributed by atoms with Gasteiger partial charge in [0.05, 0.1) is 23.1 Å². The summed E-state index contributed by atoms with van der Waals surface area (Å²) in [4.78, 5) is 34.0. The van der Waals surface area contributed by atoms with Crippen LogP contribution in [0.4, 0.5) is 4.39 Å². The van der Waals surface area contributed by atoms with E-state index < -0.39 is 5.91 Å². The van der Waals surface area contributed by atoms with Gasteiger partial charge in [0.15, 0.2) is 5.69 Å². The smallest absolute Gasteiger partial charge is 0.269 e. The molecule has 1 saturated heterocycles. The van der Waals surface area contributed by atoms with Gasteiger partial charge in [-0.25, -0.2) is 4.39 Å². The molecule has 3 aromatic rings. The minimum absolute atomic E-state index is 0.0856. The van der Waals surface area contributed by atoms with E-state index in [1.54, 1.807) is 37.4 Å². The quantitative estimate of drug-likeness (QED) is 0.427. The van der Waals surface area contributed by atoms with Gasteiger partial charge in [-0.15, -0.1) is 0 Å². The van der Waals surface area contributed by atoms with Crippen molar-refractivity contribution in [1.29, 1.82) is 0 Å². The fourth-order valence-electron chi connectivity index (χ4n) is 3.57. The molecule has 1 aliphatic rings. The number of carbonyl (C=O) groups is 3. The van der Waals surface area contributed by atoms with Crippen LogP contribution in [0.15, 0.2) is 42.5 Å². The number of amides is 1. The Morgan fingerprint density at radius 2 is 2.03 bits per heavy atom. The summed E-state index contributed by atoms with van der Waals surface area (Å²) in [6.07, 6.45) is 2.88. The molecule has 0 bridgehead atoms. The van der Waals surface area contributed by atoms with Gasteiger partial charge < -0.3 is 26.0 Å². The highest BCUT2D eigenvalue weighted by Crippen LogP contribution is 2.18. The topological polar surface area (TPSA) is 122 Å². The maximum Gasteiger partial charge on any atom is 0.269 e. The highest BCUT2D eigenvalue weighted by molar-refractivity contribution is 6.30. The Labute approximate surface area is 214 Å². The third-order valence-corrected chi connectivity index (χ3v) is 5.77. The van der Waals surface area contributed by atoms with Gasteiger partial charge in [0.25, 0.3) is 5.91 Å². The first kappa shape index (κ1) is 29.1. The molecule has 194 valence electrons. The number of hydrogen-bond donors (Lipinski definition) is 3. The zero-order valence-electron chi connectivity index (χ0n) is 20.4. The number of fused-ring (bicyclic) bond motifs is 1. The summed E-state index contributed by atoms with van der Waals surface area (Å²) in [5.41, 5.74) is 6.72. The van der Waals surface area contributed by atoms with Gasteiger partial charge in [-0.2, -0.15) is 5.10 Å². The molecule has 4 N–H and O–H groups in total. The first-order valence-corrected chi connectivity index (χ1v) is 11.8. The van der Waals surface area contributed by atoms with Gasteiger partial charge in [0, 0.05) is 24.0 Å². The molecule has 0 saturated carbocycles. The molecule has 9 nitrogen and oxygen atoms in total. The minimum Gasteiger partial charge on any atom is -0.364 e.